The fraction of sp³-hybridized carbons (Fsp3) is 0.167. The second-order valence-electron chi connectivity index (χ2n) is 5.86. The molecule has 4 rings (SSSR count). The summed E-state index contributed by atoms with van der Waals surface area (Å²) in [4.78, 5) is 27.4. The normalized spacial score (nSPS) is 13.4. The van der Waals surface area contributed by atoms with E-state index in [9.17, 15) is 9.59 Å². The largest absolute Gasteiger partial charge is 0.334 e. The zero-order valence-electron chi connectivity index (χ0n) is 13.4. The first-order valence-electron chi connectivity index (χ1n) is 7.96. The second-order valence-corrected chi connectivity index (χ2v) is 6.81. The lowest BCUT2D eigenvalue weighted by Gasteiger charge is -2.26. The molecule has 2 aromatic heterocycles. The molecule has 1 aromatic carbocycles. The Kier molecular flexibility index (Phi) is 4.07. The molecule has 0 saturated carbocycles. The second kappa shape index (κ2) is 6.52. The maximum atomic E-state index is 12.8. The molecule has 3 heterocycles. The van der Waals surface area contributed by atoms with E-state index in [0.717, 1.165) is 17.7 Å². The Morgan fingerprint density at radius 2 is 2.16 bits per heavy atom. The third-order valence-electron chi connectivity index (χ3n) is 4.20. The van der Waals surface area contributed by atoms with E-state index in [0.29, 0.717) is 29.2 Å². The Hall–Kier alpha value is -2.93. The lowest BCUT2D eigenvalue weighted by molar-refractivity contribution is 0.0734. The summed E-state index contributed by atoms with van der Waals surface area (Å²) in [6.07, 6.45) is 2.54. The van der Waals surface area contributed by atoms with Gasteiger partial charge in [0.1, 0.15) is 0 Å². The van der Waals surface area contributed by atoms with Gasteiger partial charge in [0, 0.05) is 42.0 Å². The molecule has 0 unspecified atom stereocenters. The molecule has 0 fully saturated rings. The van der Waals surface area contributed by atoms with Gasteiger partial charge in [0.15, 0.2) is 0 Å². The Bertz CT molecular complexity index is 917. The average Bonchev–Trinajstić information content (AvgIpc) is 3.32. The number of aromatic amines is 1. The van der Waals surface area contributed by atoms with Gasteiger partial charge in [-0.15, -0.1) is 11.3 Å². The predicted octanol–water partition coefficient (Wildman–Crippen LogP) is 2.92. The summed E-state index contributed by atoms with van der Waals surface area (Å²) in [6, 6.07) is 10.7. The van der Waals surface area contributed by atoms with Gasteiger partial charge in [-0.1, -0.05) is 12.1 Å². The highest BCUT2D eigenvalue weighted by Gasteiger charge is 2.23. The molecule has 0 atom stereocenters. The summed E-state index contributed by atoms with van der Waals surface area (Å²) in [5.74, 6) is -0.209. The van der Waals surface area contributed by atoms with Gasteiger partial charge in [-0.05, 0) is 29.6 Å². The topological polar surface area (TPSA) is 78.1 Å². The van der Waals surface area contributed by atoms with Crippen molar-refractivity contribution in [2.24, 2.45) is 0 Å². The highest BCUT2D eigenvalue weighted by Crippen LogP contribution is 2.20. The molecule has 1 aliphatic heterocycles. The van der Waals surface area contributed by atoms with E-state index in [2.05, 4.69) is 15.5 Å². The van der Waals surface area contributed by atoms with Crippen molar-refractivity contribution in [2.75, 3.05) is 11.9 Å². The van der Waals surface area contributed by atoms with Crippen LogP contribution in [0.15, 0.2) is 48.0 Å². The Morgan fingerprint density at radius 1 is 1.24 bits per heavy atom. The fourth-order valence-electron chi connectivity index (χ4n) is 2.91. The Morgan fingerprint density at radius 3 is 3.00 bits per heavy atom. The number of hydrogen-bond donors (Lipinski definition) is 2. The zero-order valence-corrected chi connectivity index (χ0v) is 14.2. The van der Waals surface area contributed by atoms with Crippen LogP contribution in [0.1, 0.15) is 31.3 Å². The molecular weight excluding hydrogens is 336 g/mol. The highest BCUT2D eigenvalue weighted by molar-refractivity contribution is 7.12. The molecule has 126 valence electrons. The third-order valence-corrected chi connectivity index (χ3v) is 5.07. The monoisotopic (exact) mass is 352 g/mol. The molecule has 0 aliphatic carbocycles. The van der Waals surface area contributed by atoms with Gasteiger partial charge in [0.25, 0.3) is 11.8 Å². The Labute approximate surface area is 148 Å². The minimum atomic E-state index is -0.166. The first-order valence-corrected chi connectivity index (χ1v) is 8.84. The lowest BCUT2D eigenvalue weighted by Crippen LogP contribution is -2.35. The fourth-order valence-corrected chi connectivity index (χ4v) is 3.53. The van der Waals surface area contributed by atoms with Gasteiger partial charge in [0.05, 0.1) is 11.1 Å². The summed E-state index contributed by atoms with van der Waals surface area (Å²) in [7, 11) is 0. The molecule has 2 N–H and O–H groups in total. The molecular formula is C18H16N4O2S. The van der Waals surface area contributed by atoms with Gasteiger partial charge in [0.2, 0.25) is 0 Å². The minimum absolute atomic E-state index is 0.0425. The van der Waals surface area contributed by atoms with Gasteiger partial charge < -0.3 is 10.2 Å². The van der Waals surface area contributed by atoms with Crippen molar-refractivity contribution >= 4 is 28.8 Å². The number of benzene rings is 1. The SMILES string of the molecule is O=C(Nc1cccc(C(=O)N2CCc3[nH]ncc3C2)c1)c1cccs1. The van der Waals surface area contributed by atoms with Crippen LogP contribution in [-0.4, -0.2) is 33.5 Å². The van der Waals surface area contributed by atoms with Crippen molar-refractivity contribution in [3.63, 3.8) is 0 Å². The smallest absolute Gasteiger partial charge is 0.265 e. The number of rotatable bonds is 3. The maximum absolute atomic E-state index is 12.8. The molecule has 25 heavy (non-hydrogen) atoms. The van der Waals surface area contributed by atoms with E-state index in [-0.39, 0.29) is 11.8 Å². The van der Waals surface area contributed by atoms with Crippen LogP contribution < -0.4 is 5.32 Å². The number of nitrogens with one attached hydrogen (secondary N) is 2. The zero-order chi connectivity index (χ0) is 17.2. The number of nitrogens with zero attached hydrogens (tertiary/aromatic N) is 2. The lowest BCUT2D eigenvalue weighted by atomic mass is 10.1. The third kappa shape index (κ3) is 3.18. The Balaban J connectivity index is 1.49. The number of carbonyl (C=O) groups excluding carboxylic acids is 2. The highest BCUT2D eigenvalue weighted by atomic mass is 32.1. The standard InChI is InChI=1S/C18H16N4O2S/c23-17(16-5-2-8-25-16)20-14-4-1-3-12(9-14)18(24)22-7-6-15-13(11-22)10-19-21-15/h1-5,8-10H,6-7,11H2,(H,19,21)(H,20,23). The molecule has 1 aliphatic rings. The van der Waals surface area contributed by atoms with E-state index in [1.54, 1.807) is 41.4 Å². The van der Waals surface area contributed by atoms with E-state index in [1.165, 1.54) is 11.3 Å². The van der Waals surface area contributed by atoms with Crippen molar-refractivity contribution < 1.29 is 9.59 Å². The molecule has 3 aromatic rings. The van der Waals surface area contributed by atoms with Crippen LogP contribution in [0.2, 0.25) is 0 Å². The molecule has 2 amide bonds. The predicted molar refractivity (Wildman–Crippen MR) is 95.7 cm³/mol. The number of hydrogen-bond acceptors (Lipinski definition) is 4. The molecule has 0 spiro atoms. The molecule has 0 bridgehead atoms. The van der Waals surface area contributed by atoms with Crippen LogP contribution in [0.5, 0.6) is 0 Å². The van der Waals surface area contributed by atoms with Gasteiger partial charge in [-0.25, -0.2) is 0 Å². The van der Waals surface area contributed by atoms with Gasteiger partial charge >= 0.3 is 0 Å². The molecule has 0 radical (unpaired) electrons. The van der Waals surface area contributed by atoms with Crippen LogP contribution in [-0.2, 0) is 13.0 Å². The average molecular weight is 352 g/mol. The molecule has 0 saturated heterocycles. The van der Waals surface area contributed by atoms with Crippen LogP contribution in [0.25, 0.3) is 0 Å². The van der Waals surface area contributed by atoms with E-state index >= 15 is 0 Å². The summed E-state index contributed by atoms with van der Waals surface area (Å²) in [5, 5.41) is 11.7. The molecule has 7 heteroatoms. The number of carbonyl (C=O) groups is 2. The van der Waals surface area contributed by atoms with Crippen LogP contribution in [0.4, 0.5) is 5.69 Å². The van der Waals surface area contributed by atoms with Crippen molar-refractivity contribution in [3.8, 4) is 0 Å². The van der Waals surface area contributed by atoms with Crippen molar-refractivity contribution in [3.05, 3.63) is 69.7 Å². The van der Waals surface area contributed by atoms with Crippen molar-refractivity contribution in [2.45, 2.75) is 13.0 Å². The first kappa shape index (κ1) is 15.6. The minimum Gasteiger partial charge on any atom is -0.334 e. The summed E-state index contributed by atoms with van der Waals surface area (Å²) < 4.78 is 0. The quantitative estimate of drug-likeness (QED) is 0.761. The summed E-state index contributed by atoms with van der Waals surface area (Å²) in [6.45, 7) is 1.20. The number of amides is 2. The van der Waals surface area contributed by atoms with E-state index in [4.69, 9.17) is 0 Å². The van der Waals surface area contributed by atoms with Crippen LogP contribution in [0, 0.1) is 0 Å². The number of aromatic nitrogens is 2. The number of thiophene rings is 1. The van der Waals surface area contributed by atoms with E-state index in [1.807, 2.05) is 11.4 Å². The van der Waals surface area contributed by atoms with Crippen molar-refractivity contribution in [1.82, 2.24) is 15.1 Å². The van der Waals surface area contributed by atoms with Crippen molar-refractivity contribution in [1.29, 1.82) is 0 Å². The maximum Gasteiger partial charge on any atom is 0.265 e. The first-order chi connectivity index (χ1) is 12.2. The van der Waals surface area contributed by atoms with E-state index < -0.39 is 0 Å². The number of anilines is 1. The van der Waals surface area contributed by atoms with Crippen LogP contribution >= 0.6 is 11.3 Å². The number of fused-ring (bicyclic) bond motifs is 1. The van der Waals surface area contributed by atoms with Gasteiger partial charge in [-0.3, -0.25) is 14.7 Å². The summed E-state index contributed by atoms with van der Waals surface area (Å²) in [5.41, 5.74) is 3.34. The van der Waals surface area contributed by atoms with Gasteiger partial charge in [-0.2, -0.15) is 5.10 Å². The summed E-state index contributed by atoms with van der Waals surface area (Å²) >= 11 is 1.38. The molecule has 6 nitrogen and oxygen atoms in total. The van der Waals surface area contributed by atoms with Crippen LogP contribution in [0.3, 0.4) is 0 Å². The number of H-pyrrole nitrogens is 1.